The number of pyridine rings is 1. The minimum Gasteiger partial charge on any atom is -0.472 e. The minimum atomic E-state index is -1.19. The highest BCUT2D eigenvalue weighted by Crippen LogP contribution is 2.37. The largest absolute Gasteiger partial charge is 0.472 e. The van der Waals surface area contributed by atoms with Crippen LogP contribution in [-0.4, -0.2) is 64.9 Å². The summed E-state index contributed by atoms with van der Waals surface area (Å²) < 4.78 is 5.61. The van der Waals surface area contributed by atoms with Gasteiger partial charge in [0.05, 0.1) is 0 Å². The molecule has 0 atom stereocenters. The van der Waals surface area contributed by atoms with Crippen LogP contribution in [0.1, 0.15) is 13.8 Å². The Labute approximate surface area is 143 Å². The van der Waals surface area contributed by atoms with Gasteiger partial charge in [0, 0.05) is 32.2 Å². The van der Waals surface area contributed by atoms with E-state index in [-0.39, 0.29) is 24.0 Å². The molecule has 2 aliphatic heterocycles. The number of nitrogens with one attached hydrogen (secondary N) is 1. The number of hydrogen-bond acceptors (Lipinski definition) is 7. The summed E-state index contributed by atoms with van der Waals surface area (Å²) >= 11 is 0. The summed E-state index contributed by atoms with van der Waals surface area (Å²) in [7, 11) is 0. The highest BCUT2D eigenvalue weighted by atomic mass is 16.6. The molecule has 0 saturated carbocycles. The lowest BCUT2D eigenvalue weighted by Gasteiger charge is -2.36. The van der Waals surface area contributed by atoms with Crippen molar-refractivity contribution in [3.05, 3.63) is 22.2 Å². The molecule has 10 heteroatoms. The number of ether oxygens (including phenoxy) is 1. The Morgan fingerprint density at radius 3 is 2.72 bits per heavy atom. The Bertz CT molecular complexity index is 729. The third-order valence-electron chi connectivity index (χ3n) is 4.16. The first-order valence-electron chi connectivity index (χ1n) is 7.94. The molecule has 1 N–H and O–H groups in total. The van der Waals surface area contributed by atoms with Gasteiger partial charge in [-0.15, -0.1) is 0 Å². The molecule has 10 nitrogen and oxygen atoms in total. The Kier molecular flexibility index (Phi) is 4.29. The van der Waals surface area contributed by atoms with Crippen LogP contribution in [0.5, 0.6) is 5.75 Å². The quantitative estimate of drug-likeness (QED) is 0.599. The number of aromatic nitrogens is 1. The van der Waals surface area contributed by atoms with Crippen molar-refractivity contribution in [1.29, 1.82) is 0 Å². The maximum atomic E-state index is 12.7. The lowest BCUT2D eigenvalue weighted by molar-refractivity contribution is -0.389. The lowest BCUT2D eigenvalue weighted by atomic mass is 10.1. The highest BCUT2D eigenvalue weighted by molar-refractivity contribution is 6.05. The fourth-order valence-corrected chi connectivity index (χ4v) is 2.84. The lowest BCUT2D eigenvalue weighted by Crippen LogP contribution is -2.57. The van der Waals surface area contributed by atoms with Crippen molar-refractivity contribution < 1.29 is 19.2 Å². The van der Waals surface area contributed by atoms with E-state index in [1.807, 2.05) is 0 Å². The molecule has 1 fully saturated rings. The zero-order valence-corrected chi connectivity index (χ0v) is 14.0. The first kappa shape index (κ1) is 17.1. The molecule has 3 heterocycles. The number of carbonyl (C=O) groups excluding carboxylic acids is 2. The molecule has 3 rings (SSSR count). The third kappa shape index (κ3) is 3.25. The van der Waals surface area contributed by atoms with Gasteiger partial charge in [0.15, 0.2) is 11.4 Å². The van der Waals surface area contributed by atoms with Crippen LogP contribution in [0.15, 0.2) is 12.1 Å². The minimum absolute atomic E-state index is 0.00186. The fraction of sp³-hybridized carbons (Fsp3) is 0.533. The van der Waals surface area contributed by atoms with Gasteiger partial charge in [-0.25, -0.2) is 0 Å². The molecule has 0 aliphatic carbocycles. The Morgan fingerprint density at radius 1 is 1.40 bits per heavy atom. The van der Waals surface area contributed by atoms with Gasteiger partial charge in [-0.05, 0) is 29.8 Å². The smallest absolute Gasteiger partial charge is 0.366 e. The van der Waals surface area contributed by atoms with Crippen LogP contribution in [0.3, 0.4) is 0 Å². The van der Waals surface area contributed by atoms with Gasteiger partial charge in [-0.2, -0.15) is 0 Å². The molecule has 2 amide bonds. The average Bonchev–Trinajstić information content (AvgIpc) is 2.59. The standard InChI is InChI=1S/C15H19N5O5/c1-15(2)14(22)19(9-12(21)18-7-5-16-6-8-18)13-10(25-15)3-4-11(17-13)20(23)24/h3-4,16H,5-9H2,1-2H3. The van der Waals surface area contributed by atoms with E-state index in [0.717, 1.165) is 0 Å². The zero-order chi connectivity index (χ0) is 18.2. The number of fused-ring (bicyclic) bond motifs is 1. The van der Waals surface area contributed by atoms with Crippen LogP contribution in [0.2, 0.25) is 0 Å². The predicted octanol–water partition coefficient (Wildman–Crippen LogP) is -0.0744. The second kappa shape index (κ2) is 6.28. The van der Waals surface area contributed by atoms with E-state index >= 15 is 0 Å². The number of nitro groups is 1. The number of piperazine rings is 1. The molecule has 0 bridgehead atoms. The number of anilines is 1. The van der Waals surface area contributed by atoms with Crippen molar-refractivity contribution >= 4 is 23.5 Å². The molecule has 1 aromatic heterocycles. The number of rotatable bonds is 3. The van der Waals surface area contributed by atoms with Crippen LogP contribution in [0.25, 0.3) is 0 Å². The maximum Gasteiger partial charge on any atom is 0.366 e. The summed E-state index contributed by atoms with van der Waals surface area (Å²) in [5.74, 6) is -0.858. The van der Waals surface area contributed by atoms with Gasteiger partial charge in [-0.3, -0.25) is 14.5 Å². The van der Waals surface area contributed by atoms with Gasteiger partial charge >= 0.3 is 5.82 Å². The Balaban J connectivity index is 1.93. The van der Waals surface area contributed by atoms with Crippen molar-refractivity contribution in [2.24, 2.45) is 0 Å². The second-order valence-electron chi connectivity index (χ2n) is 6.38. The van der Waals surface area contributed by atoms with E-state index in [4.69, 9.17) is 4.74 Å². The SMILES string of the molecule is CC1(C)Oc2ccc([N+](=O)[O-])nc2N(CC(=O)N2CCNCC2)C1=O. The van der Waals surface area contributed by atoms with Crippen molar-refractivity contribution in [1.82, 2.24) is 15.2 Å². The molecular weight excluding hydrogens is 330 g/mol. The summed E-state index contributed by atoms with van der Waals surface area (Å²) in [4.78, 5) is 42.3. The molecule has 0 unspecified atom stereocenters. The summed E-state index contributed by atoms with van der Waals surface area (Å²) in [6, 6.07) is 2.61. The Hall–Kier alpha value is -2.75. The van der Waals surface area contributed by atoms with Crippen LogP contribution < -0.4 is 15.0 Å². The van der Waals surface area contributed by atoms with E-state index in [0.29, 0.717) is 26.2 Å². The van der Waals surface area contributed by atoms with Gasteiger partial charge in [-0.1, -0.05) is 0 Å². The summed E-state index contributed by atoms with van der Waals surface area (Å²) in [5, 5.41) is 14.1. The summed E-state index contributed by atoms with van der Waals surface area (Å²) in [5.41, 5.74) is -1.19. The molecule has 0 spiro atoms. The monoisotopic (exact) mass is 349 g/mol. The summed E-state index contributed by atoms with van der Waals surface area (Å²) in [6.07, 6.45) is 0. The van der Waals surface area contributed by atoms with Crippen molar-refractivity contribution in [3.63, 3.8) is 0 Å². The average molecular weight is 349 g/mol. The first-order chi connectivity index (χ1) is 11.8. The van der Waals surface area contributed by atoms with E-state index in [1.165, 1.54) is 17.0 Å². The highest BCUT2D eigenvalue weighted by Gasteiger charge is 2.45. The van der Waals surface area contributed by atoms with E-state index in [2.05, 4.69) is 10.3 Å². The first-order valence-corrected chi connectivity index (χ1v) is 7.94. The molecule has 134 valence electrons. The molecular formula is C15H19N5O5. The number of hydrogen-bond donors (Lipinski definition) is 1. The summed E-state index contributed by atoms with van der Waals surface area (Å²) in [6.45, 7) is 5.42. The van der Waals surface area contributed by atoms with E-state index < -0.39 is 22.2 Å². The fourth-order valence-electron chi connectivity index (χ4n) is 2.84. The third-order valence-corrected chi connectivity index (χ3v) is 4.16. The van der Waals surface area contributed by atoms with E-state index in [1.54, 1.807) is 18.7 Å². The normalized spacial score (nSPS) is 19.2. The molecule has 25 heavy (non-hydrogen) atoms. The molecule has 0 radical (unpaired) electrons. The number of carbonyl (C=O) groups is 2. The molecule has 1 saturated heterocycles. The van der Waals surface area contributed by atoms with Crippen molar-refractivity contribution in [2.75, 3.05) is 37.6 Å². The van der Waals surface area contributed by atoms with Gasteiger partial charge in [0.2, 0.25) is 5.91 Å². The van der Waals surface area contributed by atoms with Crippen LogP contribution >= 0.6 is 0 Å². The van der Waals surface area contributed by atoms with E-state index in [9.17, 15) is 19.7 Å². The van der Waals surface area contributed by atoms with Crippen molar-refractivity contribution in [2.45, 2.75) is 19.4 Å². The van der Waals surface area contributed by atoms with Gasteiger partial charge < -0.3 is 25.1 Å². The topological polar surface area (TPSA) is 118 Å². The van der Waals surface area contributed by atoms with Crippen LogP contribution in [-0.2, 0) is 9.59 Å². The maximum absolute atomic E-state index is 12.7. The number of amides is 2. The van der Waals surface area contributed by atoms with Crippen LogP contribution in [0, 0.1) is 10.1 Å². The van der Waals surface area contributed by atoms with Gasteiger partial charge in [0.1, 0.15) is 6.54 Å². The molecule has 0 aromatic carbocycles. The van der Waals surface area contributed by atoms with Crippen LogP contribution in [0.4, 0.5) is 11.6 Å². The zero-order valence-electron chi connectivity index (χ0n) is 14.0. The molecule has 1 aromatic rings. The number of nitrogens with zero attached hydrogens (tertiary/aromatic N) is 4. The Morgan fingerprint density at radius 2 is 2.08 bits per heavy atom. The van der Waals surface area contributed by atoms with Gasteiger partial charge in [0.25, 0.3) is 11.7 Å². The van der Waals surface area contributed by atoms with Crippen molar-refractivity contribution in [3.8, 4) is 5.75 Å². The second-order valence-corrected chi connectivity index (χ2v) is 6.38. The molecule has 2 aliphatic rings. The predicted molar refractivity (Wildman–Crippen MR) is 87.4 cm³/mol.